The summed E-state index contributed by atoms with van der Waals surface area (Å²) in [4.78, 5) is 11.8. The lowest BCUT2D eigenvalue weighted by atomic mass is 10.1. The fourth-order valence-electron chi connectivity index (χ4n) is 1.48. The maximum atomic E-state index is 11.8. The first-order valence-electron chi connectivity index (χ1n) is 5.28. The number of aromatic nitrogens is 2. The van der Waals surface area contributed by atoms with Gasteiger partial charge in [0, 0.05) is 25.4 Å². The number of hydrogen-bond acceptors (Lipinski definition) is 3. The van der Waals surface area contributed by atoms with Gasteiger partial charge in [0.05, 0.1) is 11.9 Å². The number of carbonyl (C=O) groups is 1. The summed E-state index contributed by atoms with van der Waals surface area (Å²) in [5.74, 6) is -0.151. The Hall–Kier alpha value is -2.14. The fourth-order valence-corrected chi connectivity index (χ4v) is 1.48. The molecular formula is C12H14N4O. The predicted molar refractivity (Wildman–Crippen MR) is 65.5 cm³/mol. The molecule has 0 unspecified atom stereocenters. The van der Waals surface area contributed by atoms with E-state index in [1.165, 1.54) is 0 Å². The molecule has 3 N–H and O–H groups in total. The van der Waals surface area contributed by atoms with Crippen LogP contribution < -0.4 is 11.1 Å². The van der Waals surface area contributed by atoms with E-state index in [4.69, 9.17) is 5.73 Å². The van der Waals surface area contributed by atoms with Crippen LogP contribution in [0, 0.1) is 0 Å². The summed E-state index contributed by atoms with van der Waals surface area (Å²) < 4.78 is 1.63. The molecule has 0 fully saturated rings. The minimum Gasteiger partial charge on any atom is -0.326 e. The molecule has 0 saturated carbocycles. The average Bonchev–Trinajstić information content (AvgIpc) is 2.75. The molecule has 1 aromatic heterocycles. The molecule has 5 nitrogen and oxygen atoms in total. The van der Waals surface area contributed by atoms with Crippen LogP contribution in [0.1, 0.15) is 15.9 Å². The van der Waals surface area contributed by atoms with E-state index in [-0.39, 0.29) is 5.91 Å². The van der Waals surface area contributed by atoms with Gasteiger partial charge in [0.25, 0.3) is 5.91 Å². The van der Waals surface area contributed by atoms with Crippen LogP contribution in [0.4, 0.5) is 5.69 Å². The van der Waals surface area contributed by atoms with Gasteiger partial charge in [0.15, 0.2) is 0 Å². The van der Waals surface area contributed by atoms with Crippen molar-refractivity contribution in [3.05, 3.63) is 47.8 Å². The zero-order valence-corrected chi connectivity index (χ0v) is 9.55. The highest BCUT2D eigenvalue weighted by Gasteiger charge is 2.06. The first kappa shape index (κ1) is 11.3. The van der Waals surface area contributed by atoms with Crippen molar-refractivity contribution in [3.8, 4) is 0 Å². The lowest BCUT2D eigenvalue weighted by Crippen LogP contribution is -2.11. The highest BCUT2D eigenvalue weighted by molar-refractivity contribution is 6.04. The van der Waals surface area contributed by atoms with Crippen molar-refractivity contribution < 1.29 is 4.79 Å². The van der Waals surface area contributed by atoms with Crippen LogP contribution in [0.2, 0.25) is 0 Å². The van der Waals surface area contributed by atoms with Crippen LogP contribution in [-0.2, 0) is 13.6 Å². The van der Waals surface area contributed by atoms with E-state index < -0.39 is 0 Å². The molecule has 0 radical (unpaired) electrons. The number of amides is 1. The van der Waals surface area contributed by atoms with Gasteiger partial charge in [-0.05, 0) is 17.7 Å². The van der Waals surface area contributed by atoms with Gasteiger partial charge >= 0.3 is 0 Å². The van der Waals surface area contributed by atoms with Gasteiger partial charge in [0.1, 0.15) is 0 Å². The van der Waals surface area contributed by atoms with Crippen molar-refractivity contribution in [2.45, 2.75) is 6.54 Å². The number of carbonyl (C=O) groups excluding carboxylic acids is 1. The topological polar surface area (TPSA) is 72.9 Å². The zero-order valence-electron chi connectivity index (χ0n) is 9.55. The SMILES string of the molecule is Cn1cc(NC(=O)c2ccc(CN)cc2)cn1. The third-order valence-corrected chi connectivity index (χ3v) is 2.41. The smallest absolute Gasteiger partial charge is 0.255 e. The van der Waals surface area contributed by atoms with Crippen molar-refractivity contribution in [1.82, 2.24) is 9.78 Å². The minimum absolute atomic E-state index is 0.151. The van der Waals surface area contributed by atoms with Gasteiger partial charge < -0.3 is 11.1 Å². The molecular weight excluding hydrogens is 216 g/mol. The van der Waals surface area contributed by atoms with E-state index in [1.807, 2.05) is 12.1 Å². The van der Waals surface area contributed by atoms with Crippen molar-refractivity contribution in [3.63, 3.8) is 0 Å². The molecule has 88 valence electrons. The predicted octanol–water partition coefficient (Wildman–Crippen LogP) is 1.13. The molecule has 2 aromatic rings. The first-order chi connectivity index (χ1) is 8.19. The Labute approximate surface area is 99.2 Å². The maximum Gasteiger partial charge on any atom is 0.255 e. The number of nitrogens with zero attached hydrogens (tertiary/aromatic N) is 2. The number of aryl methyl sites for hydroxylation is 1. The molecule has 0 aliphatic heterocycles. The molecule has 0 aliphatic carbocycles. The number of hydrogen-bond donors (Lipinski definition) is 2. The lowest BCUT2D eigenvalue weighted by Gasteiger charge is -2.03. The molecule has 1 heterocycles. The summed E-state index contributed by atoms with van der Waals surface area (Å²) in [6.07, 6.45) is 3.35. The average molecular weight is 230 g/mol. The van der Waals surface area contributed by atoms with E-state index in [0.29, 0.717) is 17.8 Å². The van der Waals surface area contributed by atoms with Gasteiger partial charge in [-0.2, -0.15) is 5.10 Å². The number of anilines is 1. The Morgan fingerprint density at radius 1 is 1.41 bits per heavy atom. The second kappa shape index (κ2) is 4.80. The largest absolute Gasteiger partial charge is 0.326 e. The zero-order chi connectivity index (χ0) is 12.3. The van der Waals surface area contributed by atoms with Crippen LogP contribution in [0.3, 0.4) is 0 Å². The lowest BCUT2D eigenvalue weighted by molar-refractivity contribution is 0.102. The summed E-state index contributed by atoms with van der Waals surface area (Å²) >= 11 is 0. The van der Waals surface area contributed by atoms with Gasteiger partial charge in [0.2, 0.25) is 0 Å². The molecule has 1 aromatic carbocycles. The Kier molecular flexibility index (Phi) is 3.20. The second-order valence-electron chi connectivity index (χ2n) is 3.76. The number of nitrogens with one attached hydrogen (secondary N) is 1. The number of nitrogens with two attached hydrogens (primary N) is 1. The van der Waals surface area contributed by atoms with E-state index in [1.54, 1.807) is 36.3 Å². The molecule has 5 heteroatoms. The van der Waals surface area contributed by atoms with Crippen molar-refractivity contribution in [2.75, 3.05) is 5.32 Å². The molecule has 1 amide bonds. The molecule has 0 aliphatic rings. The van der Waals surface area contributed by atoms with Crippen molar-refractivity contribution in [2.24, 2.45) is 12.8 Å². The molecule has 0 spiro atoms. The molecule has 17 heavy (non-hydrogen) atoms. The summed E-state index contributed by atoms with van der Waals surface area (Å²) in [5, 5.41) is 6.74. The number of benzene rings is 1. The normalized spacial score (nSPS) is 10.2. The van der Waals surface area contributed by atoms with E-state index >= 15 is 0 Å². The quantitative estimate of drug-likeness (QED) is 0.830. The van der Waals surface area contributed by atoms with E-state index in [9.17, 15) is 4.79 Å². The Bertz CT molecular complexity index is 516. The second-order valence-corrected chi connectivity index (χ2v) is 3.76. The van der Waals surface area contributed by atoms with Gasteiger partial charge in [-0.3, -0.25) is 9.48 Å². The first-order valence-corrected chi connectivity index (χ1v) is 5.28. The fraction of sp³-hybridized carbons (Fsp3) is 0.167. The van der Waals surface area contributed by atoms with E-state index in [0.717, 1.165) is 5.56 Å². The Morgan fingerprint density at radius 3 is 2.65 bits per heavy atom. The summed E-state index contributed by atoms with van der Waals surface area (Å²) in [5.41, 5.74) is 7.78. The summed E-state index contributed by atoms with van der Waals surface area (Å²) in [7, 11) is 1.80. The van der Waals surface area contributed by atoms with Crippen molar-refractivity contribution >= 4 is 11.6 Å². The highest BCUT2D eigenvalue weighted by Crippen LogP contribution is 2.08. The van der Waals surface area contributed by atoms with Crippen molar-refractivity contribution in [1.29, 1.82) is 0 Å². The van der Waals surface area contributed by atoms with E-state index in [2.05, 4.69) is 10.4 Å². The Balaban J connectivity index is 2.09. The molecule has 0 bridgehead atoms. The third-order valence-electron chi connectivity index (χ3n) is 2.41. The maximum absolute atomic E-state index is 11.8. The van der Waals surface area contributed by atoms with Crippen LogP contribution in [0.15, 0.2) is 36.7 Å². The van der Waals surface area contributed by atoms with Crippen LogP contribution in [0.25, 0.3) is 0 Å². The van der Waals surface area contributed by atoms with Crippen LogP contribution in [-0.4, -0.2) is 15.7 Å². The van der Waals surface area contributed by atoms with Gasteiger partial charge in [-0.25, -0.2) is 0 Å². The molecule has 0 atom stereocenters. The molecule has 2 rings (SSSR count). The standard InChI is InChI=1S/C12H14N4O/c1-16-8-11(7-14-16)15-12(17)10-4-2-9(6-13)3-5-10/h2-5,7-8H,6,13H2,1H3,(H,15,17). The Morgan fingerprint density at radius 2 is 2.12 bits per heavy atom. The monoisotopic (exact) mass is 230 g/mol. The molecule has 0 saturated heterocycles. The highest BCUT2D eigenvalue weighted by atomic mass is 16.1. The third kappa shape index (κ3) is 2.70. The van der Waals surface area contributed by atoms with Gasteiger partial charge in [-0.15, -0.1) is 0 Å². The van der Waals surface area contributed by atoms with Crippen LogP contribution in [0.5, 0.6) is 0 Å². The van der Waals surface area contributed by atoms with Gasteiger partial charge in [-0.1, -0.05) is 12.1 Å². The summed E-state index contributed by atoms with van der Waals surface area (Å²) in [6, 6.07) is 7.21. The minimum atomic E-state index is -0.151. The van der Waals surface area contributed by atoms with Crippen LogP contribution >= 0.6 is 0 Å². The summed E-state index contributed by atoms with van der Waals surface area (Å²) in [6.45, 7) is 0.477. The number of rotatable bonds is 3.